The van der Waals surface area contributed by atoms with Crippen molar-refractivity contribution < 1.29 is 9.59 Å². The highest BCUT2D eigenvalue weighted by atomic mass is 16.1. The van der Waals surface area contributed by atoms with Gasteiger partial charge in [0.25, 0.3) is 0 Å². The molecule has 0 aromatic heterocycles. The summed E-state index contributed by atoms with van der Waals surface area (Å²) in [6.45, 7) is 1.48. The summed E-state index contributed by atoms with van der Waals surface area (Å²) in [5.74, 6) is -0.0986. The van der Waals surface area contributed by atoms with Crippen molar-refractivity contribution in [3.8, 4) is 22.3 Å². The second kappa shape index (κ2) is 5.46. The van der Waals surface area contributed by atoms with E-state index in [2.05, 4.69) is 5.32 Å². The molecule has 0 atom stereocenters. The molecule has 0 fully saturated rings. The number of fused-ring (bicyclic) bond motifs is 3. The third kappa shape index (κ3) is 2.14. The summed E-state index contributed by atoms with van der Waals surface area (Å²) in [4.78, 5) is 24.4. The SMILES string of the molecule is CC(=O)Nc1ccccc1-c1cccc2c1C(=O)c1ccccc1-2. The van der Waals surface area contributed by atoms with Crippen LogP contribution in [0.2, 0.25) is 0 Å². The Morgan fingerprint density at radius 2 is 1.25 bits per heavy atom. The van der Waals surface area contributed by atoms with Crippen LogP contribution in [0, 0.1) is 0 Å². The Morgan fingerprint density at radius 3 is 1.96 bits per heavy atom. The highest BCUT2D eigenvalue weighted by Gasteiger charge is 2.29. The van der Waals surface area contributed by atoms with Gasteiger partial charge in [0.05, 0.1) is 0 Å². The Morgan fingerprint density at radius 1 is 0.708 bits per heavy atom. The quantitative estimate of drug-likeness (QED) is 0.591. The number of anilines is 1. The normalized spacial score (nSPS) is 11.8. The molecule has 0 bridgehead atoms. The van der Waals surface area contributed by atoms with Gasteiger partial charge in [0.1, 0.15) is 0 Å². The summed E-state index contributed by atoms with van der Waals surface area (Å²) < 4.78 is 0. The summed E-state index contributed by atoms with van der Waals surface area (Å²) in [5.41, 5.74) is 5.77. The van der Waals surface area contributed by atoms with Gasteiger partial charge in [0, 0.05) is 29.3 Å². The highest BCUT2D eigenvalue weighted by Crippen LogP contribution is 2.42. The lowest BCUT2D eigenvalue weighted by atomic mass is 9.94. The van der Waals surface area contributed by atoms with Crippen molar-refractivity contribution >= 4 is 17.4 Å². The number of carbonyl (C=O) groups is 2. The Hall–Kier alpha value is -3.20. The summed E-state index contributed by atoms with van der Waals surface area (Å²) >= 11 is 0. The molecule has 116 valence electrons. The summed E-state index contributed by atoms with van der Waals surface area (Å²) in [7, 11) is 0. The van der Waals surface area contributed by atoms with Crippen LogP contribution in [0.4, 0.5) is 5.69 Å². The maximum atomic E-state index is 12.9. The van der Waals surface area contributed by atoms with E-state index in [1.54, 1.807) is 0 Å². The van der Waals surface area contributed by atoms with E-state index in [0.717, 1.165) is 27.8 Å². The fourth-order valence-corrected chi connectivity index (χ4v) is 3.31. The number of para-hydroxylation sites is 1. The van der Waals surface area contributed by atoms with E-state index in [-0.39, 0.29) is 11.7 Å². The number of nitrogens with one attached hydrogen (secondary N) is 1. The zero-order valence-electron chi connectivity index (χ0n) is 13.2. The standard InChI is InChI=1S/C21H15NO2/c1-13(23)22-19-12-5-4-8-15(19)17-11-6-10-16-14-7-2-3-9-18(14)21(24)20(16)17/h2-12H,1H3,(H,22,23). The molecule has 3 heteroatoms. The second-order valence-corrected chi connectivity index (χ2v) is 5.83. The fraction of sp³-hybridized carbons (Fsp3) is 0.0476. The lowest BCUT2D eigenvalue weighted by Gasteiger charge is -2.13. The van der Waals surface area contributed by atoms with Gasteiger partial charge in [-0.25, -0.2) is 0 Å². The molecule has 0 saturated heterocycles. The number of benzene rings is 3. The Balaban J connectivity index is 1.96. The first-order valence-electron chi connectivity index (χ1n) is 7.81. The second-order valence-electron chi connectivity index (χ2n) is 5.83. The highest BCUT2D eigenvalue weighted by molar-refractivity contribution is 6.25. The van der Waals surface area contributed by atoms with Crippen molar-refractivity contribution in [1.29, 1.82) is 0 Å². The maximum Gasteiger partial charge on any atom is 0.221 e. The molecule has 0 saturated carbocycles. The van der Waals surface area contributed by atoms with Crippen LogP contribution >= 0.6 is 0 Å². The number of rotatable bonds is 2. The van der Waals surface area contributed by atoms with Crippen molar-refractivity contribution in [3.63, 3.8) is 0 Å². The van der Waals surface area contributed by atoms with Gasteiger partial charge >= 0.3 is 0 Å². The Kier molecular flexibility index (Phi) is 3.28. The van der Waals surface area contributed by atoms with Crippen LogP contribution < -0.4 is 5.32 Å². The average Bonchev–Trinajstić information content (AvgIpc) is 2.89. The van der Waals surface area contributed by atoms with E-state index in [4.69, 9.17) is 0 Å². The Bertz CT molecular complexity index is 989. The van der Waals surface area contributed by atoms with Crippen LogP contribution in [-0.4, -0.2) is 11.7 Å². The van der Waals surface area contributed by atoms with Crippen molar-refractivity contribution in [2.75, 3.05) is 5.32 Å². The molecule has 1 amide bonds. The van der Waals surface area contributed by atoms with Gasteiger partial charge in [-0.05, 0) is 22.8 Å². The van der Waals surface area contributed by atoms with Crippen molar-refractivity contribution in [1.82, 2.24) is 0 Å². The van der Waals surface area contributed by atoms with Gasteiger partial charge < -0.3 is 5.32 Å². The molecule has 0 unspecified atom stereocenters. The number of hydrogen-bond donors (Lipinski definition) is 1. The predicted molar refractivity (Wildman–Crippen MR) is 95.1 cm³/mol. The van der Waals surface area contributed by atoms with Gasteiger partial charge in [0.2, 0.25) is 5.91 Å². The summed E-state index contributed by atoms with van der Waals surface area (Å²) in [5, 5.41) is 2.85. The fourth-order valence-electron chi connectivity index (χ4n) is 3.31. The first-order valence-corrected chi connectivity index (χ1v) is 7.81. The van der Waals surface area contributed by atoms with E-state index >= 15 is 0 Å². The molecule has 1 N–H and O–H groups in total. The third-order valence-electron chi connectivity index (χ3n) is 4.28. The molecule has 1 aliphatic rings. The van der Waals surface area contributed by atoms with Gasteiger partial charge in [-0.15, -0.1) is 0 Å². The lowest BCUT2D eigenvalue weighted by molar-refractivity contribution is -0.114. The van der Waals surface area contributed by atoms with Gasteiger partial charge in [-0.2, -0.15) is 0 Å². The zero-order chi connectivity index (χ0) is 16.7. The molecule has 0 spiro atoms. The summed E-state index contributed by atoms with van der Waals surface area (Å²) in [6, 6.07) is 21.1. The van der Waals surface area contributed by atoms with Crippen LogP contribution in [0.3, 0.4) is 0 Å². The molecule has 3 nitrogen and oxygen atoms in total. The average molecular weight is 313 g/mol. The zero-order valence-corrected chi connectivity index (χ0v) is 13.2. The molecule has 3 aromatic carbocycles. The molecule has 1 aliphatic carbocycles. The predicted octanol–water partition coefficient (Wildman–Crippen LogP) is 4.52. The molecule has 4 rings (SSSR count). The largest absolute Gasteiger partial charge is 0.326 e. The van der Waals surface area contributed by atoms with Crippen LogP contribution in [0.25, 0.3) is 22.3 Å². The Labute approximate surface area is 140 Å². The number of carbonyl (C=O) groups excluding carboxylic acids is 2. The lowest BCUT2D eigenvalue weighted by Crippen LogP contribution is -2.07. The molecule has 0 aliphatic heterocycles. The molecular formula is C21H15NO2. The minimum Gasteiger partial charge on any atom is -0.326 e. The van der Waals surface area contributed by atoms with Crippen LogP contribution in [-0.2, 0) is 4.79 Å². The number of ketones is 1. The first kappa shape index (κ1) is 14.4. The van der Waals surface area contributed by atoms with Crippen LogP contribution in [0.15, 0.2) is 66.7 Å². The topological polar surface area (TPSA) is 46.2 Å². The number of hydrogen-bond acceptors (Lipinski definition) is 2. The smallest absolute Gasteiger partial charge is 0.221 e. The van der Waals surface area contributed by atoms with Crippen LogP contribution in [0.5, 0.6) is 0 Å². The van der Waals surface area contributed by atoms with Crippen molar-refractivity contribution in [3.05, 3.63) is 77.9 Å². The molecule has 0 heterocycles. The minimum absolute atomic E-state index is 0.0360. The number of amides is 1. The van der Waals surface area contributed by atoms with Crippen molar-refractivity contribution in [2.24, 2.45) is 0 Å². The summed E-state index contributed by atoms with van der Waals surface area (Å²) in [6.07, 6.45) is 0. The molecule has 24 heavy (non-hydrogen) atoms. The molecule has 3 aromatic rings. The minimum atomic E-state index is -0.135. The monoisotopic (exact) mass is 313 g/mol. The van der Waals surface area contributed by atoms with Gasteiger partial charge in [-0.1, -0.05) is 60.7 Å². The van der Waals surface area contributed by atoms with Gasteiger partial charge in [0.15, 0.2) is 5.78 Å². The molecular weight excluding hydrogens is 298 g/mol. The van der Waals surface area contributed by atoms with E-state index in [1.165, 1.54) is 6.92 Å². The van der Waals surface area contributed by atoms with Gasteiger partial charge in [-0.3, -0.25) is 9.59 Å². The van der Waals surface area contributed by atoms with E-state index in [0.29, 0.717) is 11.3 Å². The van der Waals surface area contributed by atoms with E-state index in [1.807, 2.05) is 66.7 Å². The van der Waals surface area contributed by atoms with E-state index in [9.17, 15) is 9.59 Å². The maximum absolute atomic E-state index is 12.9. The van der Waals surface area contributed by atoms with E-state index < -0.39 is 0 Å². The van der Waals surface area contributed by atoms with Crippen LogP contribution in [0.1, 0.15) is 22.8 Å². The first-order chi connectivity index (χ1) is 11.7. The molecule has 0 radical (unpaired) electrons. The van der Waals surface area contributed by atoms with Crippen molar-refractivity contribution in [2.45, 2.75) is 6.92 Å². The third-order valence-corrected chi connectivity index (χ3v) is 4.28.